The molecule has 1 aliphatic heterocycles. The van der Waals surface area contributed by atoms with E-state index in [1.54, 1.807) is 31.4 Å². The fourth-order valence-electron chi connectivity index (χ4n) is 2.87. The van der Waals surface area contributed by atoms with Gasteiger partial charge in [-0.1, -0.05) is 6.07 Å². The fraction of sp³-hybridized carbons (Fsp3) is 0.529. The van der Waals surface area contributed by atoms with Gasteiger partial charge < -0.3 is 20.3 Å². The summed E-state index contributed by atoms with van der Waals surface area (Å²) in [6.45, 7) is 2.59. The largest absolute Gasteiger partial charge is 0.497 e. The zero-order valence-electron chi connectivity index (χ0n) is 15.3. The standard InChI is InChI=1S/C17H24ClN3O5S/c1-3-21(8-16(22)19-12-5-4-6-13(7-12)26-2)9-17(23)20-15-11-27(24,25)10-14(15)18/h4-7,14-15H,3,8-11H2,1-2H3,(H,19,22)(H,20,23)/p+1/t14-,15-/m0/s1. The summed E-state index contributed by atoms with van der Waals surface area (Å²) in [6.07, 6.45) is 0. The molecule has 1 aromatic rings. The average molecular weight is 419 g/mol. The molecule has 27 heavy (non-hydrogen) atoms. The van der Waals surface area contributed by atoms with E-state index >= 15 is 0 Å². The van der Waals surface area contributed by atoms with Gasteiger partial charge in [-0.3, -0.25) is 9.59 Å². The monoisotopic (exact) mass is 418 g/mol. The summed E-state index contributed by atoms with van der Waals surface area (Å²) in [5.74, 6) is -0.202. The number of nitrogens with one attached hydrogen (secondary N) is 3. The molecule has 0 spiro atoms. The zero-order valence-corrected chi connectivity index (χ0v) is 16.9. The highest BCUT2D eigenvalue weighted by Crippen LogP contribution is 2.18. The molecular formula is C17H25ClN3O5S+. The van der Waals surface area contributed by atoms with Crippen LogP contribution in [0.4, 0.5) is 5.69 Å². The smallest absolute Gasteiger partial charge is 0.279 e. The number of methoxy groups -OCH3 is 1. The first-order valence-electron chi connectivity index (χ1n) is 8.63. The van der Waals surface area contributed by atoms with Gasteiger partial charge in [-0.25, -0.2) is 8.42 Å². The topological polar surface area (TPSA) is 106 Å². The van der Waals surface area contributed by atoms with Gasteiger partial charge >= 0.3 is 0 Å². The van der Waals surface area contributed by atoms with Crippen LogP contribution in [0.2, 0.25) is 0 Å². The molecule has 3 N–H and O–H groups in total. The average Bonchev–Trinajstić information content (AvgIpc) is 2.85. The molecule has 2 rings (SSSR count). The van der Waals surface area contributed by atoms with E-state index in [4.69, 9.17) is 16.3 Å². The number of benzene rings is 1. The Morgan fingerprint density at radius 1 is 1.26 bits per heavy atom. The molecule has 0 aromatic heterocycles. The second-order valence-corrected chi connectivity index (χ2v) is 9.22. The van der Waals surface area contributed by atoms with E-state index < -0.39 is 21.3 Å². The Bertz CT molecular complexity index is 787. The Balaban J connectivity index is 1.85. The lowest BCUT2D eigenvalue weighted by atomic mass is 10.2. The summed E-state index contributed by atoms with van der Waals surface area (Å²) < 4.78 is 28.3. The third-order valence-corrected chi connectivity index (χ3v) is 6.68. The van der Waals surface area contributed by atoms with Crippen LogP contribution in [0, 0.1) is 0 Å². The van der Waals surface area contributed by atoms with Gasteiger partial charge in [-0.15, -0.1) is 11.6 Å². The van der Waals surface area contributed by atoms with E-state index in [0.29, 0.717) is 18.0 Å². The fourth-order valence-corrected chi connectivity index (χ4v) is 5.42. The number of sulfone groups is 1. The molecule has 10 heteroatoms. The van der Waals surface area contributed by atoms with Crippen LogP contribution in [0.15, 0.2) is 24.3 Å². The minimum atomic E-state index is -3.21. The summed E-state index contributed by atoms with van der Waals surface area (Å²) >= 11 is 6.00. The Morgan fingerprint density at radius 3 is 2.56 bits per heavy atom. The van der Waals surface area contributed by atoms with Crippen molar-refractivity contribution < 1.29 is 27.6 Å². The number of amides is 2. The molecular weight excluding hydrogens is 394 g/mol. The number of hydrogen-bond donors (Lipinski definition) is 3. The Labute approximate surface area is 164 Å². The Kier molecular flexibility index (Phi) is 7.46. The van der Waals surface area contributed by atoms with Crippen molar-refractivity contribution >= 4 is 38.9 Å². The highest BCUT2D eigenvalue weighted by Gasteiger charge is 2.37. The van der Waals surface area contributed by atoms with E-state index in [1.807, 2.05) is 6.92 Å². The summed E-state index contributed by atoms with van der Waals surface area (Å²) in [4.78, 5) is 25.2. The van der Waals surface area contributed by atoms with Crippen LogP contribution in [-0.2, 0) is 19.4 Å². The number of rotatable bonds is 8. The Hall–Kier alpha value is -1.84. The normalized spacial score (nSPS) is 22.0. The van der Waals surface area contributed by atoms with E-state index in [1.165, 1.54) is 0 Å². The zero-order chi connectivity index (χ0) is 20.0. The first kappa shape index (κ1) is 21.5. The molecule has 0 bridgehead atoms. The number of alkyl halides is 1. The van der Waals surface area contributed by atoms with Crippen LogP contribution in [0.3, 0.4) is 0 Å². The second kappa shape index (κ2) is 9.38. The van der Waals surface area contributed by atoms with Gasteiger partial charge in [0.2, 0.25) is 0 Å². The van der Waals surface area contributed by atoms with Crippen molar-refractivity contribution in [3.8, 4) is 5.75 Å². The minimum Gasteiger partial charge on any atom is -0.497 e. The van der Waals surface area contributed by atoms with Crippen molar-refractivity contribution in [1.29, 1.82) is 0 Å². The number of likely N-dealkylation sites (N-methyl/N-ethyl adjacent to an activating group) is 1. The van der Waals surface area contributed by atoms with Crippen LogP contribution in [0.1, 0.15) is 6.92 Å². The highest BCUT2D eigenvalue weighted by molar-refractivity contribution is 7.91. The number of hydrogen-bond acceptors (Lipinski definition) is 5. The van der Waals surface area contributed by atoms with Gasteiger partial charge in [0.25, 0.3) is 11.8 Å². The molecule has 1 unspecified atom stereocenters. The first-order chi connectivity index (χ1) is 12.7. The van der Waals surface area contributed by atoms with Crippen LogP contribution in [0.5, 0.6) is 5.75 Å². The molecule has 2 amide bonds. The molecule has 1 heterocycles. The van der Waals surface area contributed by atoms with Crippen molar-refractivity contribution in [3.05, 3.63) is 24.3 Å². The molecule has 1 aromatic carbocycles. The maximum absolute atomic E-state index is 12.2. The number of ether oxygens (including phenoxy) is 1. The molecule has 0 aliphatic carbocycles. The van der Waals surface area contributed by atoms with Gasteiger partial charge in [0.05, 0.1) is 36.6 Å². The maximum Gasteiger partial charge on any atom is 0.279 e. The van der Waals surface area contributed by atoms with Crippen molar-refractivity contribution in [2.75, 3.05) is 43.6 Å². The molecule has 0 radical (unpaired) electrons. The number of anilines is 1. The van der Waals surface area contributed by atoms with Crippen LogP contribution >= 0.6 is 11.6 Å². The summed E-state index contributed by atoms with van der Waals surface area (Å²) in [7, 11) is -1.67. The van der Waals surface area contributed by atoms with Gasteiger partial charge in [0, 0.05) is 11.8 Å². The molecule has 1 aliphatic rings. The predicted molar refractivity (Wildman–Crippen MR) is 103 cm³/mol. The number of quaternary nitrogens is 1. The molecule has 1 saturated heterocycles. The highest BCUT2D eigenvalue weighted by atomic mass is 35.5. The summed E-state index contributed by atoms with van der Waals surface area (Å²) in [5, 5.41) is 4.82. The summed E-state index contributed by atoms with van der Waals surface area (Å²) in [6, 6.07) is 6.41. The molecule has 0 saturated carbocycles. The van der Waals surface area contributed by atoms with Crippen LogP contribution in [0.25, 0.3) is 0 Å². The number of halogens is 1. The second-order valence-electron chi connectivity index (χ2n) is 6.50. The SMILES string of the molecule is CC[NH+](CC(=O)Nc1cccc(OC)c1)CC(=O)N[C@H]1CS(=O)(=O)C[C@@H]1Cl. The van der Waals surface area contributed by atoms with E-state index in [0.717, 1.165) is 4.90 Å². The lowest BCUT2D eigenvalue weighted by Crippen LogP contribution is -3.14. The van der Waals surface area contributed by atoms with Crippen LogP contribution in [-0.4, -0.2) is 69.9 Å². The van der Waals surface area contributed by atoms with Crippen LogP contribution < -0.4 is 20.3 Å². The van der Waals surface area contributed by atoms with E-state index in [-0.39, 0.29) is 36.4 Å². The maximum atomic E-state index is 12.2. The van der Waals surface area contributed by atoms with Gasteiger partial charge in [0.1, 0.15) is 5.75 Å². The lowest BCUT2D eigenvalue weighted by Gasteiger charge is -2.19. The van der Waals surface area contributed by atoms with Crippen molar-refractivity contribution in [2.45, 2.75) is 18.3 Å². The van der Waals surface area contributed by atoms with E-state index in [2.05, 4.69) is 10.6 Å². The Morgan fingerprint density at radius 2 is 1.96 bits per heavy atom. The predicted octanol–water partition coefficient (Wildman–Crippen LogP) is -0.941. The van der Waals surface area contributed by atoms with Crippen molar-refractivity contribution in [2.24, 2.45) is 0 Å². The third-order valence-electron chi connectivity index (χ3n) is 4.30. The van der Waals surface area contributed by atoms with Crippen molar-refractivity contribution in [1.82, 2.24) is 5.32 Å². The quantitative estimate of drug-likeness (QED) is 0.472. The van der Waals surface area contributed by atoms with Crippen molar-refractivity contribution in [3.63, 3.8) is 0 Å². The van der Waals surface area contributed by atoms with Gasteiger partial charge in [-0.05, 0) is 19.1 Å². The number of carbonyl (C=O) groups excluding carboxylic acids is 2. The molecule has 150 valence electrons. The molecule has 3 atom stereocenters. The third kappa shape index (κ3) is 6.67. The minimum absolute atomic E-state index is 0.0577. The number of carbonyl (C=O) groups is 2. The first-order valence-corrected chi connectivity index (χ1v) is 10.9. The van der Waals surface area contributed by atoms with Gasteiger partial charge in [0.15, 0.2) is 22.9 Å². The molecule has 8 nitrogen and oxygen atoms in total. The van der Waals surface area contributed by atoms with Gasteiger partial charge in [-0.2, -0.15) is 0 Å². The lowest BCUT2D eigenvalue weighted by molar-refractivity contribution is -0.881. The van der Waals surface area contributed by atoms with E-state index in [9.17, 15) is 18.0 Å². The summed E-state index contributed by atoms with van der Waals surface area (Å²) in [5.41, 5.74) is 0.611. The molecule has 1 fully saturated rings.